The second kappa shape index (κ2) is 3.71. The molecule has 0 radical (unpaired) electrons. The number of fused-ring (bicyclic) bond motifs is 1. The first-order chi connectivity index (χ1) is 6.76. The van der Waals surface area contributed by atoms with Crippen LogP contribution in [0.4, 0.5) is 0 Å². The van der Waals surface area contributed by atoms with Crippen molar-refractivity contribution < 1.29 is 9.84 Å². The van der Waals surface area contributed by atoms with Crippen LogP contribution in [0.5, 0.6) is 10.8 Å². The molecule has 0 aliphatic rings. The number of benzene rings is 1. The fourth-order valence-electron chi connectivity index (χ4n) is 1.40. The van der Waals surface area contributed by atoms with E-state index in [2.05, 4.69) is 0 Å². The molecule has 1 heterocycles. The van der Waals surface area contributed by atoms with E-state index < -0.39 is 0 Å². The Kier molecular flexibility index (Phi) is 2.56. The van der Waals surface area contributed by atoms with Crippen LogP contribution in [0.1, 0.15) is 0 Å². The molecule has 74 valence electrons. The molecule has 0 bridgehead atoms. The molecule has 2 rings (SSSR count). The summed E-state index contributed by atoms with van der Waals surface area (Å²) in [6, 6.07) is 5.73. The maximum absolute atomic E-state index is 9.45. The normalized spacial score (nSPS) is 10.7. The minimum atomic E-state index is 0.333. The van der Waals surface area contributed by atoms with Crippen molar-refractivity contribution in [2.24, 2.45) is 0 Å². The number of ether oxygens (including phenoxy) is 1. The summed E-state index contributed by atoms with van der Waals surface area (Å²) in [5.74, 6) is 0.822. The number of aromatic hydroxyl groups is 1. The average molecular weight is 226 g/mol. The van der Waals surface area contributed by atoms with E-state index in [1.807, 2.05) is 18.4 Å². The number of thioether (sulfide) groups is 1. The van der Waals surface area contributed by atoms with Crippen molar-refractivity contribution in [3.63, 3.8) is 0 Å². The summed E-state index contributed by atoms with van der Waals surface area (Å²) in [5.41, 5.74) is 0. The SMILES string of the molecule is COc1ccc(SC)c2cc(O)sc12. The number of rotatable bonds is 2. The monoisotopic (exact) mass is 226 g/mol. The molecule has 2 aromatic rings. The predicted molar refractivity (Wildman–Crippen MR) is 61.8 cm³/mol. The topological polar surface area (TPSA) is 29.5 Å². The van der Waals surface area contributed by atoms with Crippen LogP contribution in [-0.4, -0.2) is 18.5 Å². The van der Waals surface area contributed by atoms with E-state index in [-0.39, 0.29) is 0 Å². The molecule has 14 heavy (non-hydrogen) atoms. The molecule has 0 saturated carbocycles. The van der Waals surface area contributed by atoms with Crippen LogP contribution < -0.4 is 4.74 Å². The highest BCUT2D eigenvalue weighted by Crippen LogP contribution is 2.41. The fraction of sp³-hybridized carbons (Fsp3) is 0.200. The molecule has 4 heteroatoms. The molecule has 0 spiro atoms. The van der Waals surface area contributed by atoms with Crippen LogP contribution >= 0.6 is 23.1 Å². The Morgan fingerprint density at radius 1 is 1.43 bits per heavy atom. The Labute approximate surface area is 90.5 Å². The van der Waals surface area contributed by atoms with Gasteiger partial charge in [-0.1, -0.05) is 11.3 Å². The summed E-state index contributed by atoms with van der Waals surface area (Å²) in [4.78, 5) is 1.16. The van der Waals surface area contributed by atoms with Gasteiger partial charge in [0.05, 0.1) is 11.8 Å². The van der Waals surface area contributed by atoms with E-state index in [4.69, 9.17) is 4.74 Å². The maximum atomic E-state index is 9.45. The number of hydrogen-bond donors (Lipinski definition) is 1. The van der Waals surface area contributed by atoms with Crippen molar-refractivity contribution in [3.05, 3.63) is 18.2 Å². The zero-order valence-electron chi connectivity index (χ0n) is 7.90. The van der Waals surface area contributed by atoms with Crippen LogP contribution in [0.25, 0.3) is 10.1 Å². The van der Waals surface area contributed by atoms with Crippen LogP contribution in [0.15, 0.2) is 23.1 Å². The number of thiophene rings is 1. The fourth-order valence-corrected chi connectivity index (χ4v) is 2.97. The predicted octanol–water partition coefficient (Wildman–Crippen LogP) is 3.34. The molecule has 1 aromatic carbocycles. The molecule has 0 aliphatic carbocycles. The van der Waals surface area contributed by atoms with Crippen molar-refractivity contribution >= 4 is 33.2 Å². The molecule has 2 nitrogen and oxygen atoms in total. The molecule has 0 unspecified atom stereocenters. The van der Waals surface area contributed by atoms with Crippen LogP contribution in [0.2, 0.25) is 0 Å². The van der Waals surface area contributed by atoms with Gasteiger partial charge in [-0.2, -0.15) is 0 Å². The molecule has 0 atom stereocenters. The van der Waals surface area contributed by atoms with Crippen molar-refractivity contribution in [2.75, 3.05) is 13.4 Å². The van der Waals surface area contributed by atoms with Crippen molar-refractivity contribution in [3.8, 4) is 10.8 Å². The van der Waals surface area contributed by atoms with Gasteiger partial charge >= 0.3 is 0 Å². The average Bonchev–Trinajstić information content (AvgIpc) is 2.57. The van der Waals surface area contributed by atoms with Gasteiger partial charge in [0.2, 0.25) is 0 Å². The molecule has 0 aliphatic heterocycles. The van der Waals surface area contributed by atoms with Gasteiger partial charge in [-0.05, 0) is 18.4 Å². The minimum Gasteiger partial charge on any atom is -0.499 e. The largest absolute Gasteiger partial charge is 0.499 e. The highest BCUT2D eigenvalue weighted by atomic mass is 32.2. The van der Waals surface area contributed by atoms with E-state index in [1.165, 1.54) is 11.3 Å². The second-order valence-corrected chi connectivity index (χ2v) is 4.68. The van der Waals surface area contributed by atoms with E-state index in [0.717, 1.165) is 20.7 Å². The summed E-state index contributed by atoms with van der Waals surface area (Å²) in [5, 5.41) is 10.9. The van der Waals surface area contributed by atoms with Gasteiger partial charge in [-0.3, -0.25) is 0 Å². The van der Waals surface area contributed by atoms with Crippen LogP contribution in [-0.2, 0) is 0 Å². The van der Waals surface area contributed by atoms with Gasteiger partial charge in [0.15, 0.2) is 5.06 Å². The van der Waals surface area contributed by atoms with Crippen LogP contribution in [0, 0.1) is 0 Å². The Balaban J connectivity index is 2.77. The zero-order valence-corrected chi connectivity index (χ0v) is 9.54. The standard InChI is InChI=1S/C10H10O2S2/c1-12-7-3-4-8(13-2)6-5-9(11)14-10(6)7/h3-5,11H,1-2H3. The van der Waals surface area contributed by atoms with Crippen molar-refractivity contribution in [1.29, 1.82) is 0 Å². The summed E-state index contributed by atoms with van der Waals surface area (Å²) in [6.45, 7) is 0. The zero-order chi connectivity index (χ0) is 10.1. The smallest absolute Gasteiger partial charge is 0.172 e. The molecular weight excluding hydrogens is 216 g/mol. The minimum absolute atomic E-state index is 0.333. The number of hydrogen-bond acceptors (Lipinski definition) is 4. The lowest BCUT2D eigenvalue weighted by atomic mass is 10.2. The van der Waals surface area contributed by atoms with Crippen molar-refractivity contribution in [2.45, 2.75) is 4.90 Å². The van der Waals surface area contributed by atoms with Gasteiger partial charge < -0.3 is 9.84 Å². The Hall–Kier alpha value is -0.870. The maximum Gasteiger partial charge on any atom is 0.172 e. The highest BCUT2D eigenvalue weighted by molar-refractivity contribution is 7.98. The third kappa shape index (κ3) is 1.44. The summed E-state index contributed by atoms with van der Waals surface area (Å²) in [7, 11) is 1.64. The van der Waals surface area contributed by atoms with Gasteiger partial charge in [-0.25, -0.2) is 0 Å². The third-order valence-electron chi connectivity index (χ3n) is 2.03. The summed E-state index contributed by atoms with van der Waals surface area (Å²) < 4.78 is 6.24. The summed E-state index contributed by atoms with van der Waals surface area (Å²) >= 11 is 3.02. The first-order valence-electron chi connectivity index (χ1n) is 4.09. The lowest BCUT2D eigenvalue weighted by Gasteiger charge is -2.03. The lowest BCUT2D eigenvalue weighted by Crippen LogP contribution is -1.82. The summed E-state index contributed by atoms with van der Waals surface area (Å²) in [6.07, 6.45) is 2.02. The van der Waals surface area contributed by atoms with Gasteiger partial charge in [-0.15, -0.1) is 11.8 Å². The van der Waals surface area contributed by atoms with Crippen LogP contribution in [0.3, 0.4) is 0 Å². The quantitative estimate of drug-likeness (QED) is 0.796. The molecule has 0 fully saturated rings. The van der Waals surface area contributed by atoms with E-state index in [0.29, 0.717) is 5.06 Å². The molecular formula is C10H10O2S2. The molecule has 1 N–H and O–H groups in total. The lowest BCUT2D eigenvalue weighted by molar-refractivity contribution is 0.420. The first kappa shape index (κ1) is 9.68. The molecule has 1 aromatic heterocycles. The highest BCUT2D eigenvalue weighted by Gasteiger charge is 2.09. The Morgan fingerprint density at radius 3 is 2.86 bits per heavy atom. The first-order valence-corrected chi connectivity index (χ1v) is 6.14. The number of methoxy groups -OCH3 is 1. The molecule has 0 saturated heterocycles. The van der Waals surface area contributed by atoms with E-state index >= 15 is 0 Å². The molecule has 0 amide bonds. The van der Waals surface area contributed by atoms with Crippen molar-refractivity contribution in [1.82, 2.24) is 0 Å². The van der Waals surface area contributed by atoms with E-state index in [1.54, 1.807) is 24.9 Å². The van der Waals surface area contributed by atoms with Gasteiger partial charge in [0.25, 0.3) is 0 Å². The Bertz CT molecular complexity index is 421. The van der Waals surface area contributed by atoms with Gasteiger partial charge in [0, 0.05) is 16.3 Å². The van der Waals surface area contributed by atoms with E-state index in [9.17, 15) is 5.11 Å². The van der Waals surface area contributed by atoms with Gasteiger partial charge in [0.1, 0.15) is 5.75 Å². The Morgan fingerprint density at radius 2 is 2.21 bits per heavy atom. The third-order valence-corrected chi connectivity index (χ3v) is 3.78. The second-order valence-electron chi connectivity index (χ2n) is 2.80.